The van der Waals surface area contributed by atoms with Gasteiger partial charge in [0.1, 0.15) is 5.75 Å². The van der Waals surface area contributed by atoms with Crippen molar-refractivity contribution >= 4 is 17.5 Å². The molecule has 0 bridgehead atoms. The van der Waals surface area contributed by atoms with Gasteiger partial charge >= 0.3 is 0 Å². The van der Waals surface area contributed by atoms with Gasteiger partial charge in [0.2, 0.25) is 0 Å². The molecule has 1 aromatic carbocycles. The fourth-order valence-corrected chi connectivity index (χ4v) is 3.92. The maximum Gasteiger partial charge on any atom is 0.257 e. The predicted molar refractivity (Wildman–Crippen MR) is 87.3 cm³/mol. The van der Waals surface area contributed by atoms with Crippen LogP contribution in [0.1, 0.15) is 32.1 Å². The summed E-state index contributed by atoms with van der Waals surface area (Å²) in [7, 11) is 0. The molecule has 3 rings (SSSR count). The highest BCUT2D eigenvalue weighted by Gasteiger charge is 2.43. The molecule has 1 N–H and O–H groups in total. The zero-order chi connectivity index (χ0) is 15.4. The summed E-state index contributed by atoms with van der Waals surface area (Å²) in [6.45, 7) is 3.25. The van der Waals surface area contributed by atoms with Crippen LogP contribution >= 0.6 is 11.6 Å². The molecule has 2 fully saturated rings. The molecule has 2 aliphatic heterocycles. The van der Waals surface area contributed by atoms with E-state index in [1.54, 1.807) is 24.3 Å². The monoisotopic (exact) mass is 322 g/mol. The van der Waals surface area contributed by atoms with Gasteiger partial charge in [0, 0.05) is 17.1 Å². The highest BCUT2D eigenvalue weighted by atomic mass is 35.5. The number of fused-ring (bicyclic) bond motifs is 1. The molecule has 2 aliphatic rings. The zero-order valence-corrected chi connectivity index (χ0v) is 13.6. The van der Waals surface area contributed by atoms with Gasteiger partial charge in [0.15, 0.2) is 6.61 Å². The molecule has 1 amide bonds. The van der Waals surface area contributed by atoms with E-state index in [-0.39, 0.29) is 12.5 Å². The van der Waals surface area contributed by atoms with E-state index in [1.807, 2.05) is 0 Å². The predicted octanol–water partition coefficient (Wildman–Crippen LogP) is 2.85. The summed E-state index contributed by atoms with van der Waals surface area (Å²) in [5.74, 6) is 0.602. The summed E-state index contributed by atoms with van der Waals surface area (Å²) < 4.78 is 5.45. The first-order valence-electron chi connectivity index (χ1n) is 8.08. The number of halogens is 1. The fraction of sp³-hybridized carbons (Fsp3) is 0.588. The Labute approximate surface area is 136 Å². The van der Waals surface area contributed by atoms with Gasteiger partial charge in [0.25, 0.3) is 5.91 Å². The van der Waals surface area contributed by atoms with E-state index in [0.29, 0.717) is 16.3 Å². The second kappa shape index (κ2) is 6.88. The van der Waals surface area contributed by atoms with Gasteiger partial charge in [0.05, 0.1) is 0 Å². The first-order valence-corrected chi connectivity index (χ1v) is 8.46. The third-order valence-corrected chi connectivity index (χ3v) is 5.16. The van der Waals surface area contributed by atoms with Crippen molar-refractivity contribution in [3.63, 3.8) is 0 Å². The van der Waals surface area contributed by atoms with Crippen LogP contribution in [0.5, 0.6) is 5.75 Å². The van der Waals surface area contributed by atoms with Crippen molar-refractivity contribution in [3.8, 4) is 5.75 Å². The second-order valence-corrected chi connectivity index (χ2v) is 6.70. The minimum Gasteiger partial charge on any atom is -0.484 e. The quantitative estimate of drug-likeness (QED) is 0.875. The lowest BCUT2D eigenvalue weighted by Gasteiger charge is -2.32. The summed E-state index contributed by atoms with van der Waals surface area (Å²) in [6.07, 6.45) is 6.22. The number of carbonyl (C=O) groups is 1. The summed E-state index contributed by atoms with van der Waals surface area (Å²) in [5.41, 5.74) is 0.365. The number of nitrogens with one attached hydrogen (secondary N) is 1. The standard InChI is InChI=1S/C17H23ClN2O2/c18-14-3-5-15(6-4-14)22-13-16(21)19-10-9-17-7-1-11-20(17)12-2-8-17/h3-6H,1-2,7-13H2,(H,19,21). The van der Waals surface area contributed by atoms with Crippen LogP contribution in [-0.2, 0) is 4.79 Å². The van der Waals surface area contributed by atoms with Crippen LogP contribution in [0.25, 0.3) is 0 Å². The van der Waals surface area contributed by atoms with Crippen LogP contribution in [-0.4, -0.2) is 42.6 Å². The van der Waals surface area contributed by atoms with E-state index < -0.39 is 0 Å². The maximum absolute atomic E-state index is 11.9. The number of benzene rings is 1. The number of rotatable bonds is 6. The number of hydrogen-bond donors (Lipinski definition) is 1. The normalized spacial score (nSPS) is 19.9. The summed E-state index contributed by atoms with van der Waals surface area (Å²) >= 11 is 5.81. The average Bonchev–Trinajstić information content (AvgIpc) is 3.06. The van der Waals surface area contributed by atoms with Crippen molar-refractivity contribution < 1.29 is 9.53 Å². The lowest BCUT2D eigenvalue weighted by atomic mass is 9.90. The molecule has 2 heterocycles. The Balaban J connectivity index is 1.38. The van der Waals surface area contributed by atoms with Crippen LogP contribution in [0.2, 0.25) is 5.02 Å². The van der Waals surface area contributed by atoms with Crippen LogP contribution in [0, 0.1) is 0 Å². The summed E-state index contributed by atoms with van der Waals surface area (Å²) in [5, 5.41) is 3.64. The topological polar surface area (TPSA) is 41.6 Å². The van der Waals surface area contributed by atoms with E-state index >= 15 is 0 Å². The van der Waals surface area contributed by atoms with Crippen molar-refractivity contribution in [2.24, 2.45) is 0 Å². The molecule has 2 saturated heterocycles. The molecule has 0 unspecified atom stereocenters. The van der Waals surface area contributed by atoms with Gasteiger partial charge in [-0.1, -0.05) is 11.6 Å². The van der Waals surface area contributed by atoms with Gasteiger partial charge in [-0.3, -0.25) is 9.69 Å². The van der Waals surface area contributed by atoms with E-state index in [1.165, 1.54) is 38.8 Å². The molecule has 0 spiro atoms. The third-order valence-electron chi connectivity index (χ3n) is 4.91. The number of nitrogens with zero attached hydrogens (tertiary/aromatic N) is 1. The molecule has 120 valence electrons. The Bertz CT molecular complexity index is 508. The molecule has 0 aliphatic carbocycles. The highest BCUT2D eigenvalue weighted by Crippen LogP contribution is 2.40. The van der Waals surface area contributed by atoms with Gasteiger partial charge in [-0.25, -0.2) is 0 Å². The van der Waals surface area contributed by atoms with Crippen molar-refractivity contribution in [2.45, 2.75) is 37.6 Å². The van der Waals surface area contributed by atoms with Gasteiger partial charge in [-0.2, -0.15) is 0 Å². The minimum absolute atomic E-state index is 0.0539. The lowest BCUT2D eigenvalue weighted by Crippen LogP contribution is -2.42. The fourth-order valence-electron chi connectivity index (χ4n) is 3.80. The Morgan fingerprint density at radius 3 is 2.59 bits per heavy atom. The van der Waals surface area contributed by atoms with E-state index in [0.717, 1.165) is 13.0 Å². The molecule has 0 radical (unpaired) electrons. The largest absolute Gasteiger partial charge is 0.484 e. The Morgan fingerprint density at radius 2 is 1.91 bits per heavy atom. The third kappa shape index (κ3) is 3.55. The molecule has 5 heteroatoms. The maximum atomic E-state index is 11.9. The van der Waals surface area contributed by atoms with E-state index in [4.69, 9.17) is 16.3 Å². The minimum atomic E-state index is -0.0612. The smallest absolute Gasteiger partial charge is 0.257 e. The molecular weight excluding hydrogens is 300 g/mol. The molecule has 4 nitrogen and oxygen atoms in total. The van der Waals surface area contributed by atoms with E-state index in [2.05, 4.69) is 10.2 Å². The molecule has 0 aromatic heterocycles. The molecule has 1 aromatic rings. The molecule has 0 atom stereocenters. The van der Waals surface area contributed by atoms with Crippen molar-refractivity contribution in [3.05, 3.63) is 29.3 Å². The van der Waals surface area contributed by atoms with Crippen LogP contribution in [0.15, 0.2) is 24.3 Å². The van der Waals surface area contributed by atoms with Crippen LogP contribution in [0.4, 0.5) is 0 Å². The van der Waals surface area contributed by atoms with Crippen molar-refractivity contribution in [1.82, 2.24) is 10.2 Å². The molecule has 22 heavy (non-hydrogen) atoms. The Hall–Kier alpha value is -1.26. The number of hydrogen-bond acceptors (Lipinski definition) is 3. The SMILES string of the molecule is O=C(COc1ccc(Cl)cc1)NCCC12CCCN1CCC2. The van der Waals surface area contributed by atoms with Gasteiger partial charge < -0.3 is 10.1 Å². The molecule has 0 saturated carbocycles. The Morgan fingerprint density at radius 1 is 1.23 bits per heavy atom. The number of carbonyl (C=O) groups excluding carboxylic acids is 1. The average molecular weight is 323 g/mol. The summed E-state index contributed by atoms with van der Waals surface area (Å²) in [4.78, 5) is 14.5. The first kappa shape index (κ1) is 15.6. The highest BCUT2D eigenvalue weighted by molar-refractivity contribution is 6.30. The second-order valence-electron chi connectivity index (χ2n) is 6.26. The van der Waals surface area contributed by atoms with Crippen LogP contribution < -0.4 is 10.1 Å². The molecular formula is C17H23ClN2O2. The van der Waals surface area contributed by atoms with Gasteiger partial charge in [-0.15, -0.1) is 0 Å². The van der Waals surface area contributed by atoms with Crippen molar-refractivity contribution in [2.75, 3.05) is 26.2 Å². The number of ether oxygens (including phenoxy) is 1. The zero-order valence-electron chi connectivity index (χ0n) is 12.8. The van der Waals surface area contributed by atoms with Crippen LogP contribution in [0.3, 0.4) is 0 Å². The Kier molecular flexibility index (Phi) is 4.89. The van der Waals surface area contributed by atoms with E-state index in [9.17, 15) is 4.79 Å². The van der Waals surface area contributed by atoms with Gasteiger partial charge in [-0.05, 0) is 69.5 Å². The first-order chi connectivity index (χ1) is 10.7. The van der Waals surface area contributed by atoms with Crippen molar-refractivity contribution in [1.29, 1.82) is 0 Å². The number of amides is 1. The lowest BCUT2D eigenvalue weighted by molar-refractivity contribution is -0.123. The summed E-state index contributed by atoms with van der Waals surface area (Å²) in [6, 6.07) is 7.04.